The van der Waals surface area contributed by atoms with E-state index in [9.17, 15) is 0 Å². The number of imidazole rings is 1. The molecule has 20 heavy (non-hydrogen) atoms. The second-order valence-electron chi connectivity index (χ2n) is 5.39. The minimum Gasteiger partial charge on any atom is -0.376 e. The highest BCUT2D eigenvalue weighted by Gasteiger charge is 2.18. The van der Waals surface area contributed by atoms with Crippen molar-refractivity contribution in [2.45, 2.75) is 44.4 Å². The number of thiophene rings is 1. The van der Waals surface area contributed by atoms with E-state index in [4.69, 9.17) is 10.5 Å². The van der Waals surface area contributed by atoms with E-state index in [2.05, 4.69) is 26.4 Å². The van der Waals surface area contributed by atoms with Gasteiger partial charge in [-0.25, -0.2) is 4.98 Å². The maximum atomic E-state index is 5.98. The molecule has 108 valence electrons. The van der Waals surface area contributed by atoms with Gasteiger partial charge in [-0.3, -0.25) is 0 Å². The molecule has 5 heteroatoms. The zero-order chi connectivity index (χ0) is 13.8. The van der Waals surface area contributed by atoms with Gasteiger partial charge in [0.2, 0.25) is 0 Å². The predicted octanol–water partition coefficient (Wildman–Crippen LogP) is 2.90. The van der Waals surface area contributed by atoms with E-state index in [1.807, 2.05) is 12.5 Å². The number of hydrogen-bond donors (Lipinski definition) is 1. The van der Waals surface area contributed by atoms with Crippen molar-refractivity contribution in [3.05, 3.63) is 29.4 Å². The molecule has 1 fully saturated rings. The lowest BCUT2D eigenvalue weighted by Gasteiger charge is -2.26. The summed E-state index contributed by atoms with van der Waals surface area (Å²) in [7, 11) is 0. The van der Waals surface area contributed by atoms with Crippen LogP contribution in [0.25, 0.3) is 11.3 Å². The molecular weight excluding hydrogens is 270 g/mol. The van der Waals surface area contributed by atoms with Crippen LogP contribution in [-0.2, 0) is 11.3 Å². The van der Waals surface area contributed by atoms with Gasteiger partial charge < -0.3 is 15.0 Å². The van der Waals surface area contributed by atoms with Gasteiger partial charge in [0, 0.05) is 23.5 Å². The highest BCUT2D eigenvalue weighted by atomic mass is 32.1. The van der Waals surface area contributed by atoms with Gasteiger partial charge in [-0.05, 0) is 37.1 Å². The molecule has 3 rings (SSSR count). The Kier molecular flexibility index (Phi) is 4.50. The van der Waals surface area contributed by atoms with Crippen LogP contribution in [0.5, 0.6) is 0 Å². The molecule has 0 spiro atoms. The largest absolute Gasteiger partial charge is 0.376 e. The third kappa shape index (κ3) is 3.29. The van der Waals surface area contributed by atoms with E-state index in [1.165, 1.54) is 11.3 Å². The quantitative estimate of drug-likeness (QED) is 0.921. The van der Waals surface area contributed by atoms with E-state index in [0.29, 0.717) is 12.1 Å². The van der Waals surface area contributed by atoms with Crippen molar-refractivity contribution in [3.63, 3.8) is 0 Å². The second-order valence-corrected chi connectivity index (χ2v) is 6.17. The van der Waals surface area contributed by atoms with Crippen molar-refractivity contribution < 1.29 is 4.74 Å². The number of ether oxygens (including phenoxy) is 1. The highest BCUT2D eigenvalue weighted by Crippen LogP contribution is 2.22. The van der Waals surface area contributed by atoms with Gasteiger partial charge >= 0.3 is 0 Å². The Morgan fingerprint density at radius 3 is 2.95 bits per heavy atom. The maximum Gasteiger partial charge on any atom is 0.0951 e. The molecule has 2 aromatic heterocycles. The molecule has 1 aliphatic rings. The number of nitrogens with two attached hydrogens (primary N) is 1. The first-order valence-electron chi connectivity index (χ1n) is 7.23. The van der Waals surface area contributed by atoms with Gasteiger partial charge in [0.1, 0.15) is 0 Å². The summed E-state index contributed by atoms with van der Waals surface area (Å²) in [5, 5.41) is 4.24. The van der Waals surface area contributed by atoms with Gasteiger partial charge in [0.05, 0.1) is 30.9 Å². The molecule has 1 aliphatic carbocycles. The van der Waals surface area contributed by atoms with Crippen LogP contribution in [0.2, 0.25) is 0 Å². The van der Waals surface area contributed by atoms with Crippen LogP contribution in [0, 0.1) is 0 Å². The molecule has 0 radical (unpaired) electrons. The summed E-state index contributed by atoms with van der Waals surface area (Å²) in [6.45, 7) is 1.60. The predicted molar refractivity (Wildman–Crippen MR) is 81.7 cm³/mol. The van der Waals surface area contributed by atoms with Crippen molar-refractivity contribution >= 4 is 11.3 Å². The van der Waals surface area contributed by atoms with Crippen molar-refractivity contribution in [2.75, 3.05) is 6.61 Å². The molecule has 2 aromatic rings. The Morgan fingerprint density at radius 2 is 2.20 bits per heavy atom. The number of nitrogens with zero attached hydrogens (tertiary/aromatic N) is 2. The molecule has 0 bridgehead atoms. The van der Waals surface area contributed by atoms with E-state index in [1.54, 1.807) is 11.3 Å². The van der Waals surface area contributed by atoms with Gasteiger partial charge in [-0.15, -0.1) is 0 Å². The van der Waals surface area contributed by atoms with Crippen LogP contribution < -0.4 is 5.73 Å². The van der Waals surface area contributed by atoms with Gasteiger partial charge in [0.15, 0.2) is 0 Å². The van der Waals surface area contributed by atoms with Crippen LogP contribution >= 0.6 is 11.3 Å². The van der Waals surface area contributed by atoms with Crippen LogP contribution in [0.4, 0.5) is 0 Å². The van der Waals surface area contributed by atoms with Gasteiger partial charge in [0.25, 0.3) is 0 Å². The lowest BCUT2D eigenvalue weighted by molar-refractivity contribution is 0.0211. The Bertz CT molecular complexity index is 515. The van der Waals surface area contributed by atoms with Crippen LogP contribution in [0.3, 0.4) is 0 Å². The minimum atomic E-state index is 0.383. The zero-order valence-corrected chi connectivity index (χ0v) is 12.4. The molecule has 0 aromatic carbocycles. The molecule has 1 saturated carbocycles. The fraction of sp³-hybridized carbons (Fsp3) is 0.533. The maximum absolute atomic E-state index is 5.98. The molecule has 2 heterocycles. The lowest BCUT2D eigenvalue weighted by Crippen LogP contribution is -2.30. The summed E-state index contributed by atoms with van der Waals surface area (Å²) < 4.78 is 8.14. The summed E-state index contributed by atoms with van der Waals surface area (Å²) in [6.07, 6.45) is 8.58. The minimum absolute atomic E-state index is 0.383. The van der Waals surface area contributed by atoms with E-state index < -0.39 is 0 Å². The summed E-state index contributed by atoms with van der Waals surface area (Å²) in [5.74, 6) is 0. The fourth-order valence-electron chi connectivity index (χ4n) is 2.72. The van der Waals surface area contributed by atoms with Crippen molar-refractivity contribution in [3.8, 4) is 11.3 Å². The number of rotatable bonds is 5. The van der Waals surface area contributed by atoms with Crippen molar-refractivity contribution in [1.29, 1.82) is 0 Å². The topological polar surface area (TPSA) is 53.1 Å². The number of aromatic nitrogens is 2. The first-order valence-corrected chi connectivity index (χ1v) is 8.17. The molecule has 0 aliphatic heterocycles. The van der Waals surface area contributed by atoms with Crippen LogP contribution in [-0.4, -0.2) is 28.3 Å². The number of hydrogen-bond acceptors (Lipinski definition) is 4. The van der Waals surface area contributed by atoms with Crippen LogP contribution in [0.15, 0.2) is 29.4 Å². The van der Waals surface area contributed by atoms with Crippen molar-refractivity contribution in [1.82, 2.24) is 9.55 Å². The summed E-state index contributed by atoms with van der Waals surface area (Å²) in [6, 6.07) is 2.51. The zero-order valence-electron chi connectivity index (χ0n) is 11.6. The third-order valence-electron chi connectivity index (χ3n) is 3.93. The molecule has 0 saturated heterocycles. The Balaban J connectivity index is 1.51. The van der Waals surface area contributed by atoms with E-state index >= 15 is 0 Å². The average Bonchev–Trinajstić information content (AvgIpc) is 3.11. The molecule has 0 unspecified atom stereocenters. The molecule has 4 nitrogen and oxygen atoms in total. The third-order valence-corrected chi connectivity index (χ3v) is 4.62. The normalized spacial score (nSPS) is 23.1. The van der Waals surface area contributed by atoms with E-state index in [-0.39, 0.29) is 0 Å². The van der Waals surface area contributed by atoms with Gasteiger partial charge in [-0.1, -0.05) is 0 Å². The standard InChI is InChI=1S/C15H21N3OS/c16-13-1-3-14(4-2-13)19-7-6-18-11-17-9-15(18)12-5-8-20-10-12/h5,8-11,13-14H,1-4,6-7,16H2. The molecule has 0 atom stereocenters. The summed E-state index contributed by atoms with van der Waals surface area (Å²) >= 11 is 1.71. The fourth-order valence-corrected chi connectivity index (χ4v) is 3.37. The summed E-state index contributed by atoms with van der Waals surface area (Å²) in [4.78, 5) is 4.25. The Hall–Kier alpha value is -1.17. The smallest absolute Gasteiger partial charge is 0.0951 e. The molecule has 2 N–H and O–H groups in total. The first kappa shape index (κ1) is 13.8. The molecular formula is C15H21N3OS. The monoisotopic (exact) mass is 291 g/mol. The summed E-state index contributed by atoms with van der Waals surface area (Å²) in [5.41, 5.74) is 8.31. The Labute approximate surface area is 123 Å². The molecule has 0 amide bonds. The highest BCUT2D eigenvalue weighted by molar-refractivity contribution is 7.08. The van der Waals surface area contributed by atoms with E-state index in [0.717, 1.165) is 38.8 Å². The first-order chi connectivity index (χ1) is 9.83. The second kappa shape index (κ2) is 6.52. The average molecular weight is 291 g/mol. The Morgan fingerprint density at radius 1 is 1.35 bits per heavy atom. The van der Waals surface area contributed by atoms with Gasteiger partial charge in [-0.2, -0.15) is 11.3 Å². The SMILES string of the molecule is NC1CCC(OCCn2cncc2-c2ccsc2)CC1. The lowest BCUT2D eigenvalue weighted by atomic mass is 9.94. The van der Waals surface area contributed by atoms with Crippen LogP contribution in [0.1, 0.15) is 25.7 Å². The van der Waals surface area contributed by atoms with Crippen molar-refractivity contribution in [2.24, 2.45) is 5.73 Å².